The van der Waals surface area contributed by atoms with Crippen LogP contribution in [-0.4, -0.2) is 53.5 Å². The zero-order valence-electron chi connectivity index (χ0n) is 20.5. The number of hydrogen-bond donors (Lipinski definition) is 3. The van der Waals surface area contributed by atoms with Gasteiger partial charge >= 0.3 is 0 Å². The number of nitrogens with two attached hydrogens (primary N) is 2. The van der Waals surface area contributed by atoms with E-state index in [-0.39, 0.29) is 17.6 Å². The Morgan fingerprint density at radius 1 is 1.16 bits per heavy atom. The molecule has 190 valence electrons. The fraction of sp³-hybridized carbons (Fsp3) is 0.333. The van der Waals surface area contributed by atoms with Gasteiger partial charge in [0.15, 0.2) is 5.72 Å². The smallest absolute Gasteiger partial charge is 0.258 e. The molecule has 37 heavy (non-hydrogen) atoms. The minimum absolute atomic E-state index is 0.0793. The Balaban J connectivity index is 1.22. The number of rotatable bonds is 4. The molecule has 3 aromatic rings. The molecule has 1 saturated carbocycles. The first kappa shape index (κ1) is 23.1. The normalized spacial score (nSPS) is 18.8. The van der Waals surface area contributed by atoms with E-state index < -0.39 is 5.72 Å². The van der Waals surface area contributed by atoms with Crippen molar-refractivity contribution in [2.75, 3.05) is 20.2 Å². The summed E-state index contributed by atoms with van der Waals surface area (Å²) in [6.45, 7) is 0.865. The third-order valence-corrected chi connectivity index (χ3v) is 7.47. The molecule has 2 amide bonds. The molecule has 0 radical (unpaired) electrons. The van der Waals surface area contributed by atoms with Crippen LogP contribution in [0, 0.1) is 0 Å². The summed E-state index contributed by atoms with van der Waals surface area (Å²) in [6.07, 6.45) is 4.95. The third-order valence-electron chi connectivity index (χ3n) is 7.47. The summed E-state index contributed by atoms with van der Waals surface area (Å²) in [5, 5.41) is 8.42. The summed E-state index contributed by atoms with van der Waals surface area (Å²) in [4.78, 5) is 32.9. The second kappa shape index (κ2) is 8.65. The summed E-state index contributed by atoms with van der Waals surface area (Å²) < 4.78 is 11.9. The SMILES string of the molecule is COc1cc(C(=O)N2CCC3(CC2)NC(=O)c2cc(C(N)=NN)ccc2O3)cc2c(C3CC3)nccc12. The van der Waals surface area contributed by atoms with E-state index in [9.17, 15) is 9.59 Å². The number of nitrogens with one attached hydrogen (secondary N) is 1. The predicted molar refractivity (Wildman–Crippen MR) is 138 cm³/mol. The van der Waals surface area contributed by atoms with E-state index in [1.54, 1.807) is 36.3 Å². The fourth-order valence-corrected chi connectivity index (χ4v) is 5.27. The number of nitrogens with zero attached hydrogens (tertiary/aromatic N) is 3. The Bertz CT molecular complexity index is 1460. The van der Waals surface area contributed by atoms with Crippen LogP contribution in [0.5, 0.6) is 11.5 Å². The number of amidine groups is 1. The Kier molecular flexibility index (Phi) is 5.40. The molecule has 0 bridgehead atoms. The van der Waals surface area contributed by atoms with E-state index in [0.717, 1.165) is 29.3 Å². The fourth-order valence-electron chi connectivity index (χ4n) is 5.27. The molecule has 2 aromatic carbocycles. The first-order valence-corrected chi connectivity index (χ1v) is 12.4. The quantitative estimate of drug-likeness (QED) is 0.216. The molecule has 10 nitrogen and oxygen atoms in total. The van der Waals surface area contributed by atoms with Crippen molar-refractivity contribution in [1.29, 1.82) is 0 Å². The molecule has 1 spiro atoms. The van der Waals surface area contributed by atoms with E-state index >= 15 is 0 Å². The van der Waals surface area contributed by atoms with Gasteiger partial charge in [-0.3, -0.25) is 14.6 Å². The van der Waals surface area contributed by atoms with Gasteiger partial charge in [-0.2, -0.15) is 5.10 Å². The molecule has 5 N–H and O–H groups in total. The van der Waals surface area contributed by atoms with Crippen molar-refractivity contribution >= 4 is 28.4 Å². The number of carbonyl (C=O) groups excluding carboxylic acids is 2. The maximum Gasteiger partial charge on any atom is 0.258 e. The lowest BCUT2D eigenvalue weighted by molar-refractivity contribution is -0.0245. The number of methoxy groups -OCH3 is 1. The third kappa shape index (κ3) is 3.98. The van der Waals surface area contributed by atoms with Crippen LogP contribution < -0.4 is 26.4 Å². The van der Waals surface area contributed by atoms with Crippen molar-refractivity contribution in [2.45, 2.75) is 37.3 Å². The second-order valence-electron chi connectivity index (χ2n) is 9.81. The molecule has 3 heterocycles. The lowest BCUT2D eigenvalue weighted by Gasteiger charge is -2.44. The number of piperidine rings is 1. The molecule has 1 aromatic heterocycles. The van der Waals surface area contributed by atoms with Gasteiger partial charge in [0.1, 0.15) is 17.3 Å². The topological polar surface area (TPSA) is 145 Å². The van der Waals surface area contributed by atoms with Crippen molar-refractivity contribution < 1.29 is 19.1 Å². The maximum absolute atomic E-state index is 13.6. The number of pyridine rings is 1. The number of ether oxygens (including phenoxy) is 2. The largest absolute Gasteiger partial charge is 0.496 e. The number of likely N-dealkylation sites (tertiary alicyclic amines) is 1. The van der Waals surface area contributed by atoms with Crippen molar-refractivity contribution in [3.05, 3.63) is 65.0 Å². The molecule has 0 unspecified atom stereocenters. The van der Waals surface area contributed by atoms with Gasteiger partial charge in [0.2, 0.25) is 0 Å². The number of benzene rings is 2. The van der Waals surface area contributed by atoms with Crippen LogP contribution in [0.3, 0.4) is 0 Å². The summed E-state index contributed by atoms with van der Waals surface area (Å²) in [5.74, 6) is 6.63. The second-order valence-corrected chi connectivity index (χ2v) is 9.81. The number of hydrogen-bond acceptors (Lipinski definition) is 7. The highest BCUT2D eigenvalue weighted by Crippen LogP contribution is 2.43. The lowest BCUT2D eigenvalue weighted by Crippen LogP contribution is -2.61. The van der Waals surface area contributed by atoms with Crippen molar-refractivity contribution in [3.8, 4) is 11.5 Å². The monoisotopic (exact) mass is 500 g/mol. The highest BCUT2D eigenvalue weighted by atomic mass is 16.5. The van der Waals surface area contributed by atoms with Crippen LogP contribution >= 0.6 is 0 Å². The number of aromatic nitrogens is 1. The van der Waals surface area contributed by atoms with E-state index in [4.69, 9.17) is 21.1 Å². The average molecular weight is 501 g/mol. The van der Waals surface area contributed by atoms with Gasteiger partial charge in [-0.25, -0.2) is 0 Å². The molecule has 6 rings (SSSR count). The summed E-state index contributed by atoms with van der Waals surface area (Å²) in [7, 11) is 1.62. The van der Waals surface area contributed by atoms with Gasteiger partial charge in [-0.15, -0.1) is 0 Å². The average Bonchev–Trinajstić information content (AvgIpc) is 3.77. The molecule has 2 aliphatic heterocycles. The maximum atomic E-state index is 13.6. The highest BCUT2D eigenvalue weighted by Gasteiger charge is 2.43. The van der Waals surface area contributed by atoms with Crippen molar-refractivity contribution in [1.82, 2.24) is 15.2 Å². The van der Waals surface area contributed by atoms with Gasteiger partial charge in [0.05, 0.1) is 18.4 Å². The van der Waals surface area contributed by atoms with E-state index in [0.29, 0.717) is 60.0 Å². The van der Waals surface area contributed by atoms with E-state index in [1.807, 2.05) is 18.3 Å². The summed E-state index contributed by atoms with van der Waals surface area (Å²) >= 11 is 0. The molecular formula is C27H28N6O4. The predicted octanol–water partition coefficient (Wildman–Crippen LogP) is 2.45. The Hall–Kier alpha value is -4.34. The Morgan fingerprint density at radius 3 is 2.65 bits per heavy atom. The summed E-state index contributed by atoms with van der Waals surface area (Å²) in [6, 6.07) is 10.7. The molecule has 0 atom stereocenters. The minimum Gasteiger partial charge on any atom is -0.496 e. The van der Waals surface area contributed by atoms with Crippen LogP contribution in [-0.2, 0) is 0 Å². The van der Waals surface area contributed by atoms with Crippen molar-refractivity contribution in [2.24, 2.45) is 16.7 Å². The van der Waals surface area contributed by atoms with Crippen molar-refractivity contribution in [3.63, 3.8) is 0 Å². The number of amides is 2. The van der Waals surface area contributed by atoms with E-state index in [1.165, 1.54) is 0 Å². The number of fused-ring (bicyclic) bond motifs is 2. The van der Waals surface area contributed by atoms with Gasteiger partial charge in [0, 0.05) is 59.9 Å². The van der Waals surface area contributed by atoms with Gasteiger partial charge < -0.3 is 31.3 Å². The Morgan fingerprint density at radius 2 is 1.95 bits per heavy atom. The highest BCUT2D eigenvalue weighted by molar-refractivity contribution is 6.04. The zero-order chi connectivity index (χ0) is 25.7. The standard InChI is InChI=1S/C27H28N6O4/c1-36-22-14-17(13-19-18(22)6-9-30-23(19)15-2-3-15)26(35)33-10-7-27(8-11-33)31-25(34)20-12-16(24(28)32-29)4-5-21(20)37-27/h4-6,9,12-15H,2-3,7-8,10-11,29H2,1H3,(H2,28,32)(H,31,34). The zero-order valence-corrected chi connectivity index (χ0v) is 20.5. The number of hydrazone groups is 1. The van der Waals surface area contributed by atoms with Gasteiger partial charge in [-0.05, 0) is 49.2 Å². The first-order chi connectivity index (χ1) is 17.9. The van der Waals surface area contributed by atoms with Gasteiger partial charge in [0.25, 0.3) is 11.8 Å². The van der Waals surface area contributed by atoms with Crippen LogP contribution in [0.1, 0.15) is 63.6 Å². The molecule has 2 fully saturated rings. The molecule has 1 saturated heterocycles. The van der Waals surface area contributed by atoms with Crippen LogP contribution in [0.25, 0.3) is 10.8 Å². The minimum atomic E-state index is -0.875. The summed E-state index contributed by atoms with van der Waals surface area (Å²) in [5.41, 5.74) is 7.42. The van der Waals surface area contributed by atoms with Crippen LogP contribution in [0.2, 0.25) is 0 Å². The molecular weight excluding hydrogens is 472 g/mol. The lowest BCUT2D eigenvalue weighted by atomic mass is 9.95. The first-order valence-electron chi connectivity index (χ1n) is 12.4. The van der Waals surface area contributed by atoms with Gasteiger partial charge in [-0.1, -0.05) is 0 Å². The van der Waals surface area contributed by atoms with Crippen LogP contribution in [0.15, 0.2) is 47.7 Å². The Labute approximate surface area is 213 Å². The van der Waals surface area contributed by atoms with Crippen LogP contribution in [0.4, 0.5) is 0 Å². The number of carbonyl (C=O) groups is 2. The van der Waals surface area contributed by atoms with E-state index in [2.05, 4.69) is 15.4 Å². The molecule has 3 aliphatic rings. The molecule has 1 aliphatic carbocycles. The molecule has 10 heteroatoms.